The van der Waals surface area contributed by atoms with Gasteiger partial charge in [0.05, 0.1) is 124 Å². The van der Waals surface area contributed by atoms with E-state index in [2.05, 4.69) is 16.0 Å². The van der Waals surface area contributed by atoms with Gasteiger partial charge in [0.1, 0.15) is 25.6 Å². The fourth-order valence-corrected chi connectivity index (χ4v) is 19.5. The molecule has 4 heterocycles. The molecule has 11 amide bonds. The molecule has 5 aromatic rings. The zero-order chi connectivity index (χ0) is 101. The molecule has 138 heavy (non-hydrogen) atoms. The zero-order valence-corrected chi connectivity index (χ0v) is 83.1. The van der Waals surface area contributed by atoms with Crippen molar-refractivity contribution in [3.63, 3.8) is 0 Å². The average Bonchev–Trinajstić information content (AvgIpc) is 1.61. The van der Waals surface area contributed by atoms with Crippen LogP contribution in [0.2, 0.25) is 0 Å². The van der Waals surface area contributed by atoms with Crippen LogP contribution < -0.4 is 31.3 Å². The maximum atomic E-state index is 15.9. The molecule has 3 saturated heterocycles. The quantitative estimate of drug-likeness (QED) is 0.0178. The Balaban J connectivity index is 0.701. The smallest absolute Gasteiger partial charge is 0.410 e. The van der Waals surface area contributed by atoms with Gasteiger partial charge in [0.2, 0.25) is 23.6 Å². The summed E-state index contributed by atoms with van der Waals surface area (Å²) in [6, 6.07) is 26.4. The Hall–Kier alpha value is -10.6. The molecule has 4 aliphatic rings. The molecule has 12 atom stereocenters. The van der Waals surface area contributed by atoms with Crippen LogP contribution in [0.15, 0.2) is 135 Å². The van der Waals surface area contributed by atoms with Crippen LogP contribution in [0.1, 0.15) is 165 Å². The van der Waals surface area contributed by atoms with E-state index in [4.69, 9.17) is 48.4 Å². The molecule has 0 bridgehead atoms. The monoisotopic (exact) mass is 1960 g/mol. The summed E-state index contributed by atoms with van der Waals surface area (Å²) in [7, 11) is 6.19. The van der Waals surface area contributed by atoms with Gasteiger partial charge >= 0.3 is 12.1 Å². The number of nitrogens with zero attached hydrogens (tertiary/aromatic N) is 6. The maximum absolute atomic E-state index is 15.9. The molecular weight excluding hydrogens is 1820 g/mol. The van der Waals surface area contributed by atoms with E-state index in [9.17, 15) is 67.4 Å². The van der Waals surface area contributed by atoms with Crippen molar-refractivity contribution in [1.82, 2.24) is 35.1 Å². The molecule has 6 N–H and O–H groups in total. The summed E-state index contributed by atoms with van der Waals surface area (Å²) in [5, 5.41) is 19.1. The summed E-state index contributed by atoms with van der Waals surface area (Å²) in [5.74, 6) is -12.0. The van der Waals surface area contributed by atoms with Crippen molar-refractivity contribution in [3.8, 4) is 5.75 Å². The minimum absolute atomic E-state index is 0.0158. The van der Waals surface area contributed by atoms with Crippen molar-refractivity contribution >= 4 is 112 Å². The first-order chi connectivity index (χ1) is 66.0. The highest BCUT2D eigenvalue weighted by Gasteiger charge is 2.46. The highest BCUT2D eigenvalue weighted by molar-refractivity contribution is 8.08. The van der Waals surface area contributed by atoms with Crippen molar-refractivity contribution in [2.75, 3.05) is 150 Å². The number of aliphatic hydroxyl groups excluding tert-OH is 1. The minimum atomic E-state index is -1.21. The van der Waals surface area contributed by atoms with Crippen molar-refractivity contribution in [3.05, 3.63) is 159 Å². The predicted octanol–water partition coefficient (Wildman–Crippen LogP) is 11.9. The van der Waals surface area contributed by atoms with E-state index in [1.165, 1.54) is 19.1 Å². The number of halogens is 2. The number of imide groups is 1. The number of thioether (sulfide) groups is 2. The summed E-state index contributed by atoms with van der Waals surface area (Å²) in [5.41, 5.74) is 7.30. The van der Waals surface area contributed by atoms with Crippen LogP contribution in [0.25, 0.3) is 0 Å². The highest BCUT2D eigenvalue weighted by atomic mass is 32.2. The zero-order valence-electron chi connectivity index (χ0n) is 81.5. The van der Waals surface area contributed by atoms with Crippen LogP contribution >= 0.6 is 23.5 Å². The molecule has 0 aliphatic carbocycles. The number of rotatable bonds is 54. The van der Waals surface area contributed by atoms with E-state index in [1.807, 2.05) is 65.0 Å². The number of aliphatic hydroxyl groups is 1. The molecule has 37 heteroatoms. The lowest BCUT2D eigenvalue weighted by atomic mass is 9.83. The number of primary amides is 1. The first-order valence-corrected chi connectivity index (χ1v) is 48.9. The van der Waals surface area contributed by atoms with Crippen molar-refractivity contribution in [1.29, 1.82) is 0 Å². The minimum Gasteiger partial charge on any atom is -0.485 e. The van der Waals surface area contributed by atoms with Gasteiger partial charge in [-0.3, -0.25) is 52.7 Å². The number of urea groups is 1. The standard InChI is InChI=1S/C101H136F2N10O23S2/c1-15-64(8)88(83(128-13)58-85(118)112-38-20-24-79(112)90(129-14)66(10)80(114)53-65(9)89(119)68-21-17-16-18-22-68)108(11)97(123)76(61(2)3)57-82(116)87(63(6)7)109(12)101(127)136-59-67-25-31-72(32-26-67)106-94(120)71(23-19-37-105-100(104)126)54-81(115)86(62(4)5)107-84(117)60-134-50-49-132-47-48-133-51-52-135-91-77(102)55-73(56-78(91)103)113-98(124)92(137-74-33-27-69(28-34-74)95(121)110-39-43-130-44-40-110)93(99(113)125)138-75-35-29-70(30-36-75)96(122)111-41-45-131-46-42-111/h16-18,21-22,25-36,55-56,61-66,71,76,79,83,86-90,119H,15,19-20,23-24,37-54,57-60H2,1-14H3,(H,106,120)(H,107,117)(H3,104,105,126)/t64?,65-,66-,71+,76-,79-,83+,86-,87-,88-,89+,90+/m0/s1. The third kappa shape index (κ3) is 31.2. The fraction of sp³-hybridized carbons (Fsp3) is 0.554. The molecule has 754 valence electrons. The van der Waals surface area contributed by atoms with Gasteiger partial charge in [-0.2, -0.15) is 0 Å². The fourth-order valence-electron chi connectivity index (χ4n) is 17.5. The highest BCUT2D eigenvalue weighted by Crippen LogP contribution is 2.46. The number of nitrogens with one attached hydrogen (secondary N) is 3. The topological polar surface area (TPSA) is 407 Å². The van der Waals surface area contributed by atoms with Crippen molar-refractivity contribution in [2.45, 2.75) is 186 Å². The molecule has 4 aliphatic heterocycles. The normalized spacial score (nSPS) is 17.1. The van der Waals surface area contributed by atoms with Crippen molar-refractivity contribution in [2.24, 2.45) is 53.1 Å². The van der Waals surface area contributed by atoms with Gasteiger partial charge in [0, 0.05) is 143 Å². The predicted molar refractivity (Wildman–Crippen MR) is 514 cm³/mol. The van der Waals surface area contributed by atoms with E-state index in [0.29, 0.717) is 115 Å². The van der Waals surface area contributed by atoms with E-state index in [1.54, 1.807) is 141 Å². The Morgan fingerprint density at radius 2 is 1.17 bits per heavy atom. The number of morpholine rings is 2. The van der Waals surface area contributed by atoms with E-state index in [0.717, 1.165) is 41.2 Å². The second-order valence-electron chi connectivity index (χ2n) is 36.3. The molecule has 0 radical (unpaired) electrons. The van der Waals surface area contributed by atoms with Gasteiger partial charge in [0.25, 0.3) is 23.6 Å². The number of nitrogens with two attached hydrogens (primary N) is 1. The summed E-state index contributed by atoms with van der Waals surface area (Å²) in [4.78, 5) is 190. The number of likely N-dealkylation sites (tertiary alicyclic amines) is 1. The van der Waals surface area contributed by atoms with Gasteiger partial charge in [-0.05, 0) is 127 Å². The van der Waals surface area contributed by atoms with Crippen LogP contribution in [0, 0.1) is 59.0 Å². The van der Waals surface area contributed by atoms with E-state index < -0.39 is 143 Å². The molecule has 0 spiro atoms. The first-order valence-electron chi connectivity index (χ1n) is 47.3. The number of ketones is 3. The molecule has 5 aromatic carbocycles. The maximum Gasteiger partial charge on any atom is 0.410 e. The summed E-state index contributed by atoms with van der Waals surface area (Å²) < 4.78 is 82.6. The van der Waals surface area contributed by atoms with Crippen molar-refractivity contribution < 1.29 is 119 Å². The van der Waals surface area contributed by atoms with Gasteiger partial charge in [-0.15, -0.1) is 0 Å². The number of amides is 11. The van der Waals surface area contributed by atoms with Gasteiger partial charge in [0.15, 0.2) is 29.0 Å². The number of Topliss-reactive ketones (excluding diaryl/α,β-unsaturated/α-hetero) is 3. The summed E-state index contributed by atoms with van der Waals surface area (Å²) in [6.45, 7) is 21.2. The molecule has 0 aromatic heterocycles. The first kappa shape index (κ1) is 111. The lowest BCUT2D eigenvalue weighted by Crippen LogP contribution is -2.54. The molecule has 33 nitrogen and oxygen atoms in total. The van der Waals surface area contributed by atoms with Crippen LogP contribution in [0.4, 0.5) is 29.7 Å². The van der Waals surface area contributed by atoms with Crippen LogP contribution in [-0.4, -0.2) is 283 Å². The van der Waals surface area contributed by atoms with Crippen LogP contribution in [0.5, 0.6) is 5.75 Å². The number of hydrogen-bond acceptors (Lipinski definition) is 25. The van der Waals surface area contributed by atoms with Gasteiger partial charge in [-0.25, -0.2) is 23.3 Å². The number of carbonyl (C=O) groups is 13. The number of hydrogen-bond donors (Lipinski definition) is 5. The van der Waals surface area contributed by atoms with Gasteiger partial charge in [-0.1, -0.05) is 142 Å². The number of methoxy groups -OCH3 is 2. The summed E-state index contributed by atoms with van der Waals surface area (Å²) in [6.07, 6.45) is -1.19. The number of anilines is 2. The van der Waals surface area contributed by atoms with E-state index in [-0.39, 0.29) is 154 Å². The second-order valence-corrected chi connectivity index (χ2v) is 38.4. The Labute approximate surface area is 815 Å². The molecule has 3 fully saturated rings. The number of ether oxygens (including phenoxy) is 9. The van der Waals surface area contributed by atoms with Crippen LogP contribution in [0.3, 0.4) is 0 Å². The Bertz CT molecular complexity index is 4850. The molecular formula is C101H136F2N10O23S2. The van der Waals surface area contributed by atoms with Crippen LogP contribution in [-0.2, 0) is 87.7 Å². The average molecular weight is 1960 g/mol. The molecule has 0 saturated carbocycles. The Morgan fingerprint density at radius 3 is 1.68 bits per heavy atom. The third-order valence-electron chi connectivity index (χ3n) is 25.5. The lowest BCUT2D eigenvalue weighted by Gasteiger charge is -2.41. The lowest BCUT2D eigenvalue weighted by molar-refractivity contribution is -0.149. The second kappa shape index (κ2) is 54.8. The summed E-state index contributed by atoms with van der Waals surface area (Å²) >= 11 is 1.89. The third-order valence-corrected chi connectivity index (χ3v) is 27.8. The SMILES string of the molecule is CCC(C)[C@@H]([C@@H](CC(=O)N1CCC[C@H]1[C@H](OC)[C@@H](C)C(=O)C[C@H](C)[C@@H](O)c1ccccc1)OC)N(C)C(=O)[C@@H](CC(=O)[C@H](C(C)C)N(C)C(=O)OCc1ccc(NC(=O)[C@H](CCCNC(N)=O)CC(=O)[C@@H](NC(=O)COCCOCCOCCOc2c(F)cc(N3C(=O)C(Sc4ccc(C(=O)N5CCOCC5)cc4)=C(Sc4ccc(C(=O)N5CCOCC5)cc4)C3=O)cc2F)C(C)C)cc1)C(C)C. The number of benzene rings is 5. The van der Waals surface area contributed by atoms with Gasteiger partial charge < -0.3 is 93.9 Å². The molecule has 9 rings (SSSR count). The Morgan fingerprint density at radius 1 is 0.616 bits per heavy atom. The number of likely N-dealkylation sites (N-methyl/N-ethyl adjacent to an activating group) is 2. The molecule has 1 unspecified atom stereocenters. The largest absolute Gasteiger partial charge is 0.485 e. The van der Waals surface area contributed by atoms with E-state index >= 15 is 8.78 Å². The Kier molecular flexibility index (Phi) is 44.1. The number of carbonyl (C=O) groups excluding carboxylic acids is 13.